The van der Waals surface area contributed by atoms with Crippen molar-refractivity contribution in [1.29, 1.82) is 0 Å². The molecule has 0 radical (unpaired) electrons. The van der Waals surface area contributed by atoms with Gasteiger partial charge in [0, 0.05) is 44.0 Å². The van der Waals surface area contributed by atoms with Crippen LogP contribution in [0, 0.1) is 20.8 Å². The third-order valence-electron chi connectivity index (χ3n) is 4.87. The average Bonchev–Trinajstić information content (AvgIpc) is 3.11. The first kappa shape index (κ1) is 18.9. The highest BCUT2D eigenvalue weighted by Gasteiger charge is 2.24. The van der Waals surface area contributed by atoms with E-state index < -0.39 is 0 Å². The van der Waals surface area contributed by atoms with Crippen LogP contribution in [0.25, 0.3) is 0 Å². The van der Waals surface area contributed by atoms with Gasteiger partial charge in [-0.2, -0.15) is 0 Å². The summed E-state index contributed by atoms with van der Waals surface area (Å²) in [5.74, 6) is 2.20. The minimum atomic E-state index is -0.0845. The van der Waals surface area contributed by atoms with Crippen LogP contribution >= 0.6 is 0 Å². The Kier molecular flexibility index (Phi) is 5.16. The van der Waals surface area contributed by atoms with Crippen LogP contribution in [0.2, 0.25) is 0 Å². The summed E-state index contributed by atoms with van der Waals surface area (Å²) in [6, 6.07) is 11.9. The van der Waals surface area contributed by atoms with Crippen molar-refractivity contribution in [3.05, 3.63) is 59.2 Å². The number of carbonyl (C=O) groups excluding carboxylic acids is 1. The van der Waals surface area contributed by atoms with E-state index in [0.29, 0.717) is 42.0 Å². The molecule has 8 heteroatoms. The van der Waals surface area contributed by atoms with Gasteiger partial charge in [0.2, 0.25) is 0 Å². The van der Waals surface area contributed by atoms with E-state index in [2.05, 4.69) is 56.5 Å². The fraction of sp³-hybridized carbons (Fsp3) is 0.333. The van der Waals surface area contributed by atoms with E-state index in [1.165, 1.54) is 11.3 Å². The largest absolute Gasteiger partial charge is 0.368 e. The fourth-order valence-electron chi connectivity index (χ4n) is 3.45. The minimum Gasteiger partial charge on any atom is -0.368 e. The second-order valence-corrected chi connectivity index (χ2v) is 7.25. The summed E-state index contributed by atoms with van der Waals surface area (Å²) in [4.78, 5) is 25.9. The number of benzene rings is 1. The standard InChI is InChI=1S/C21H24N6O2/c1-14-5-4-6-17(11-14)26-7-9-27(10-8-26)21(28)18-13-19(23-16(3)22-18)24-20-12-15(2)29-25-20/h4-6,11-13H,7-10H2,1-3H3,(H,22,23,24,25). The molecule has 8 nitrogen and oxygen atoms in total. The smallest absolute Gasteiger partial charge is 0.272 e. The van der Waals surface area contributed by atoms with Crippen LogP contribution in [-0.4, -0.2) is 52.1 Å². The van der Waals surface area contributed by atoms with E-state index >= 15 is 0 Å². The first-order chi connectivity index (χ1) is 14.0. The van der Waals surface area contributed by atoms with Gasteiger partial charge in [-0.1, -0.05) is 17.3 Å². The first-order valence-electron chi connectivity index (χ1n) is 9.65. The number of hydrogen-bond donors (Lipinski definition) is 1. The number of amides is 1. The van der Waals surface area contributed by atoms with Gasteiger partial charge in [0.05, 0.1) is 0 Å². The van der Waals surface area contributed by atoms with Gasteiger partial charge >= 0.3 is 0 Å². The molecule has 29 heavy (non-hydrogen) atoms. The Morgan fingerprint density at radius 1 is 1.00 bits per heavy atom. The van der Waals surface area contributed by atoms with Crippen molar-refractivity contribution in [1.82, 2.24) is 20.0 Å². The molecule has 1 saturated heterocycles. The number of hydrogen-bond acceptors (Lipinski definition) is 7. The topological polar surface area (TPSA) is 87.4 Å². The van der Waals surface area contributed by atoms with Gasteiger partial charge in [0.15, 0.2) is 5.82 Å². The van der Waals surface area contributed by atoms with Crippen molar-refractivity contribution in [2.24, 2.45) is 0 Å². The molecule has 4 rings (SSSR count). The number of nitrogens with one attached hydrogen (secondary N) is 1. The van der Waals surface area contributed by atoms with Crippen molar-refractivity contribution in [2.75, 3.05) is 36.4 Å². The zero-order valence-electron chi connectivity index (χ0n) is 16.8. The lowest BCUT2D eigenvalue weighted by Gasteiger charge is -2.36. The summed E-state index contributed by atoms with van der Waals surface area (Å²) in [6.45, 7) is 8.57. The maximum absolute atomic E-state index is 13.0. The number of anilines is 3. The normalized spacial score (nSPS) is 14.2. The fourth-order valence-corrected chi connectivity index (χ4v) is 3.45. The van der Waals surface area contributed by atoms with Gasteiger partial charge < -0.3 is 19.6 Å². The number of piperazine rings is 1. The highest BCUT2D eigenvalue weighted by Crippen LogP contribution is 2.20. The second kappa shape index (κ2) is 7.90. The van der Waals surface area contributed by atoms with Crippen LogP contribution in [0.5, 0.6) is 0 Å². The number of carbonyl (C=O) groups is 1. The Morgan fingerprint density at radius 2 is 1.79 bits per heavy atom. The Labute approximate surface area is 169 Å². The van der Waals surface area contributed by atoms with E-state index in [4.69, 9.17) is 4.52 Å². The average molecular weight is 392 g/mol. The van der Waals surface area contributed by atoms with E-state index in [-0.39, 0.29) is 5.91 Å². The van der Waals surface area contributed by atoms with Crippen molar-refractivity contribution >= 4 is 23.2 Å². The molecule has 3 heterocycles. The third-order valence-corrected chi connectivity index (χ3v) is 4.87. The van der Waals surface area contributed by atoms with Gasteiger partial charge in [-0.15, -0.1) is 0 Å². The monoisotopic (exact) mass is 392 g/mol. The second-order valence-electron chi connectivity index (χ2n) is 7.25. The quantitative estimate of drug-likeness (QED) is 0.730. The molecule has 2 aromatic heterocycles. The van der Waals surface area contributed by atoms with E-state index in [9.17, 15) is 4.79 Å². The molecule has 0 unspecified atom stereocenters. The zero-order valence-corrected chi connectivity index (χ0v) is 16.8. The van der Waals surface area contributed by atoms with Crippen molar-refractivity contribution in [2.45, 2.75) is 20.8 Å². The number of nitrogens with zero attached hydrogens (tertiary/aromatic N) is 5. The lowest BCUT2D eigenvalue weighted by atomic mass is 10.2. The summed E-state index contributed by atoms with van der Waals surface area (Å²) in [7, 11) is 0. The molecule has 1 N–H and O–H groups in total. The van der Waals surface area contributed by atoms with Gasteiger partial charge in [0.1, 0.15) is 23.1 Å². The summed E-state index contributed by atoms with van der Waals surface area (Å²) >= 11 is 0. The first-order valence-corrected chi connectivity index (χ1v) is 9.65. The molecule has 1 aliphatic rings. The van der Waals surface area contributed by atoms with Crippen LogP contribution < -0.4 is 10.2 Å². The van der Waals surface area contributed by atoms with Gasteiger partial charge in [-0.25, -0.2) is 9.97 Å². The van der Waals surface area contributed by atoms with Crippen molar-refractivity contribution < 1.29 is 9.32 Å². The summed E-state index contributed by atoms with van der Waals surface area (Å²) < 4.78 is 5.06. The molecule has 0 bridgehead atoms. The number of aryl methyl sites for hydroxylation is 3. The molecule has 0 spiro atoms. The minimum absolute atomic E-state index is 0.0845. The predicted octanol–water partition coefficient (Wildman–Crippen LogP) is 3.10. The third kappa shape index (κ3) is 4.37. The summed E-state index contributed by atoms with van der Waals surface area (Å²) in [6.07, 6.45) is 0. The van der Waals surface area contributed by atoms with Crippen LogP contribution in [0.4, 0.5) is 17.3 Å². The molecule has 0 aliphatic carbocycles. The number of rotatable bonds is 4. The molecule has 150 valence electrons. The zero-order chi connectivity index (χ0) is 20.4. The van der Waals surface area contributed by atoms with Gasteiger partial charge in [-0.05, 0) is 38.5 Å². The SMILES string of the molecule is Cc1cccc(N2CCN(C(=O)c3cc(Nc4cc(C)on4)nc(C)n3)CC2)c1. The Bertz CT molecular complexity index is 1020. The molecular formula is C21H24N6O2. The molecule has 0 atom stereocenters. The van der Waals surface area contributed by atoms with Crippen LogP contribution in [-0.2, 0) is 0 Å². The predicted molar refractivity (Wildman–Crippen MR) is 111 cm³/mol. The van der Waals surface area contributed by atoms with Crippen LogP contribution in [0.15, 0.2) is 40.9 Å². The summed E-state index contributed by atoms with van der Waals surface area (Å²) in [5.41, 5.74) is 2.81. The highest BCUT2D eigenvalue weighted by molar-refractivity contribution is 5.93. The van der Waals surface area contributed by atoms with Crippen molar-refractivity contribution in [3.63, 3.8) is 0 Å². The van der Waals surface area contributed by atoms with Crippen molar-refractivity contribution in [3.8, 4) is 0 Å². The molecule has 0 saturated carbocycles. The molecule has 3 aromatic rings. The molecular weight excluding hydrogens is 368 g/mol. The van der Waals surface area contributed by atoms with E-state index in [1.54, 1.807) is 19.1 Å². The maximum Gasteiger partial charge on any atom is 0.272 e. The lowest BCUT2D eigenvalue weighted by Crippen LogP contribution is -2.49. The summed E-state index contributed by atoms with van der Waals surface area (Å²) in [5, 5.41) is 6.96. The Hall–Kier alpha value is -3.42. The van der Waals surface area contributed by atoms with Gasteiger partial charge in [0.25, 0.3) is 5.91 Å². The number of aromatic nitrogens is 3. The lowest BCUT2D eigenvalue weighted by molar-refractivity contribution is 0.0740. The molecule has 1 aromatic carbocycles. The molecule has 1 fully saturated rings. The molecule has 1 amide bonds. The Balaban J connectivity index is 1.44. The van der Waals surface area contributed by atoms with E-state index in [1.807, 2.05) is 11.8 Å². The van der Waals surface area contributed by atoms with Crippen LogP contribution in [0.3, 0.4) is 0 Å². The van der Waals surface area contributed by atoms with E-state index in [0.717, 1.165) is 13.1 Å². The maximum atomic E-state index is 13.0. The Morgan fingerprint density at radius 3 is 2.48 bits per heavy atom. The molecule has 1 aliphatic heterocycles. The van der Waals surface area contributed by atoms with Gasteiger partial charge in [-0.3, -0.25) is 4.79 Å². The highest BCUT2D eigenvalue weighted by atomic mass is 16.5. The van der Waals surface area contributed by atoms with Crippen LogP contribution in [0.1, 0.15) is 27.6 Å².